The highest BCUT2D eigenvalue weighted by molar-refractivity contribution is 5.77. The first-order valence-electron chi connectivity index (χ1n) is 3.40. The fourth-order valence-electron chi connectivity index (χ4n) is 0.873. The first-order chi connectivity index (χ1) is 5.88. The van der Waals surface area contributed by atoms with Gasteiger partial charge in [0.15, 0.2) is 0 Å². The fourth-order valence-corrected chi connectivity index (χ4v) is 0.873. The molecule has 2 aromatic rings. The Bertz CT molecular complexity index is 326. The van der Waals surface area contributed by atoms with Crippen LogP contribution in [0.4, 0.5) is 4.79 Å². The van der Waals surface area contributed by atoms with Gasteiger partial charge in [-0.3, -0.25) is 4.57 Å². The molecular weight excluding hydrogens is 156 g/mol. The van der Waals surface area contributed by atoms with Crippen molar-refractivity contribution in [3.8, 4) is 0 Å². The molecule has 0 N–H and O–H groups in total. The van der Waals surface area contributed by atoms with Crippen LogP contribution >= 0.6 is 0 Å². The second kappa shape index (κ2) is 2.61. The molecule has 2 rings (SSSR count). The van der Waals surface area contributed by atoms with Crippen LogP contribution in [-0.2, 0) is 0 Å². The lowest BCUT2D eigenvalue weighted by Crippen LogP contribution is -2.17. The molecule has 0 amide bonds. The summed E-state index contributed by atoms with van der Waals surface area (Å²) in [6.45, 7) is 0. The van der Waals surface area contributed by atoms with E-state index in [1.807, 2.05) is 0 Å². The van der Waals surface area contributed by atoms with Crippen molar-refractivity contribution in [2.45, 2.75) is 0 Å². The minimum Gasteiger partial charge on any atom is -0.256 e. The molecule has 0 unspecified atom stereocenters. The Morgan fingerprint density at radius 2 is 2.17 bits per heavy atom. The summed E-state index contributed by atoms with van der Waals surface area (Å²) in [7, 11) is 0. The predicted molar refractivity (Wildman–Crippen MR) is 40.6 cm³/mol. The van der Waals surface area contributed by atoms with Crippen LogP contribution in [-0.4, -0.2) is 25.4 Å². The van der Waals surface area contributed by atoms with Crippen LogP contribution in [0.1, 0.15) is 0 Å². The highest BCUT2D eigenvalue weighted by atomic mass is 16.2. The quantitative estimate of drug-likeness (QED) is 0.569. The summed E-state index contributed by atoms with van der Waals surface area (Å²) < 4.78 is 2.59. The highest BCUT2D eigenvalue weighted by Crippen LogP contribution is 1.91. The maximum Gasteiger partial charge on any atom is 0.354 e. The molecule has 5 nitrogen and oxygen atoms in total. The molecule has 0 bridgehead atoms. The first kappa shape index (κ1) is 6.78. The molecule has 2 aromatic heterocycles. The molecule has 0 radical (unpaired) electrons. The van der Waals surface area contributed by atoms with Gasteiger partial charge in [0, 0.05) is 24.8 Å². The molecule has 0 saturated heterocycles. The van der Waals surface area contributed by atoms with Gasteiger partial charge >= 0.3 is 6.03 Å². The molecule has 0 aromatic carbocycles. The number of rotatable bonds is 0. The minimum absolute atomic E-state index is 0.238. The van der Waals surface area contributed by atoms with E-state index < -0.39 is 0 Å². The van der Waals surface area contributed by atoms with Crippen molar-refractivity contribution in [2.24, 2.45) is 0 Å². The van der Waals surface area contributed by atoms with Gasteiger partial charge in [-0.25, -0.2) is 9.78 Å². The first-order valence-corrected chi connectivity index (χ1v) is 3.40. The van der Waals surface area contributed by atoms with Crippen molar-refractivity contribution in [3.63, 3.8) is 0 Å². The second-order valence-corrected chi connectivity index (χ2v) is 2.20. The van der Waals surface area contributed by atoms with Gasteiger partial charge in [0.1, 0.15) is 6.33 Å². The van der Waals surface area contributed by atoms with E-state index >= 15 is 0 Å². The van der Waals surface area contributed by atoms with E-state index in [1.54, 1.807) is 30.9 Å². The topological polar surface area (TPSA) is 52.7 Å². The molecule has 0 aliphatic carbocycles. The molecule has 0 aliphatic heterocycles. The lowest BCUT2D eigenvalue weighted by Gasteiger charge is -1.97. The maximum atomic E-state index is 11.4. The van der Waals surface area contributed by atoms with Crippen LogP contribution in [0.5, 0.6) is 0 Å². The van der Waals surface area contributed by atoms with Gasteiger partial charge in [-0.05, 0) is 6.07 Å². The van der Waals surface area contributed by atoms with Gasteiger partial charge in [-0.2, -0.15) is 9.78 Å². The third-order valence-electron chi connectivity index (χ3n) is 1.43. The summed E-state index contributed by atoms with van der Waals surface area (Å²) in [6.07, 6.45) is 7.69. The zero-order valence-electron chi connectivity index (χ0n) is 6.16. The Morgan fingerprint density at radius 3 is 2.75 bits per heavy atom. The van der Waals surface area contributed by atoms with E-state index in [0.29, 0.717) is 0 Å². The van der Waals surface area contributed by atoms with Gasteiger partial charge in [0.25, 0.3) is 0 Å². The zero-order chi connectivity index (χ0) is 8.39. The summed E-state index contributed by atoms with van der Waals surface area (Å²) in [6, 6.07) is 1.45. The van der Waals surface area contributed by atoms with Crippen molar-refractivity contribution in [2.75, 3.05) is 0 Å². The molecule has 0 spiro atoms. The number of carbonyl (C=O) groups excluding carboxylic acids is 1. The van der Waals surface area contributed by atoms with E-state index in [2.05, 4.69) is 10.1 Å². The molecule has 60 valence electrons. The number of nitrogens with zero attached hydrogens (tertiary/aromatic N) is 4. The van der Waals surface area contributed by atoms with Gasteiger partial charge in [0.2, 0.25) is 0 Å². The molecule has 2 heterocycles. The van der Waals surface area contributed by atoms with Gasteiger partial charge in [-0.1, -0.05) is 0 Å². The fraction of sp³-hybridized carbons (Fsp3) is 0. The third-order valence-corrected chi connectivity index (χ3v) is 1.43. The van der Waals surface area contributed by atoms with Crippen molar-refractivity contribution in [1.29, 1.82) is 0 Å². The second-order valence-electron chi connectivity index (χ2n) is 2.20. The van der Waals surface area contributed by atoms with E-state index in [4.69, 9.17) is 0 Å². The predicted octanol–water partition coefficient (Wildman–Crippen LogP) is 0.596. The largest absolute Gasteiger partial charge is 0.354 e. The standard InChI is InChI=1S/C7H6N4O/c12-7(10-5-3-8-6-10)11-4-1-2-9-11/h1-6H. The van der Waals surface area contributed by atoms with Crippen LogP contribution in [0.15, 0.2) is 37.2 Å². The van der Waals surface area contributed by atoms with E-state index in [-0.39, 0.29) is 6.03 Å². The summed E-state index contributed by atoms with van der Waals surface area (Å²) in [5.41, 5.74) is 0. The Hall–Kier alpha value is -1.91. The zero-order valence-corrected chi connectivity index (χ0v) is 6.16. The molecule has 0 saturated carbocycles. The average molecular weight is 162 g/mol. The van der Waals surface area contributed by atoms with Crippen LogP contribution < -0.4 is 0 Å². The lowest BCUT2D eigenvalue weighted by molar-refractivity contribution is 0.241. The SMILES string of the molecule is O=C(n1ccnc1)n1cccn1. The summed E-state index contributed by atoms with van der Waals surface area (Å²) >= 11 is 0. The average Bonchev–Trinajstić information content (AvgIpc) is 2.77. The lowest BCUT2D eigenvalue weighted by atomic mass is 10.7. The minimum atomic E-state index is -0.238. The van der Waals surface area contributed by atoms with Crippen molar-refractivity contribution < 1.29 is 4.79 Å². The number of aromatic nitrogens is 4. The van der Waals surface area contributed by atoms with E-state index in [9.17, 15) is 4.79 Å². The third kappa shape index (κ3) is 1.01. The van der Waals surface area contributed by atoms with E-state index in [1.165, 1.54) is 15.6 Å². The van der Waals surface area contributed by atoms with Crippen LogP contribution in [0, 0.1) is 0 Å². The molecule has 0 aliphatic rings. The van der Waals surface area contributed by atoms with Crippen molar-refractivity contribution in [3.05, 3.63) is 37.2 Å². The van der Waals surface area contributed by atoms with Gasteiger partial charge < -0.3 is 0 Å². The van der Waals surface area contributed by atoms with E-state index in [0.717, 1.165) is 0 Å². The number of imidazole rings is 1. The highest BCUT2D eigenvalue weighted by Gasteiger charge is 2.04. The maximum absolute atomic E-state index is 11.4. The van der Waals surface area contributed by atoms with Crippen LogP contribution in [0.2, 0.25) is 0 Å². The Kier molecular flexibility index (Phi) is 1.48. The number of hydrogen-bond acceptors (Lipinski definition) is 3. The Labute approximate surface area is 68.3 Å². The summed E-state index contributed by atoms with van der Waals surface area (Å²) in [5, 5.41) is 3.79. The molecule has 5 heteroatoms. The van der Waals surface area contributed by atoms with Crippen LogP contribution in [0.25, 0.3) is 0 Å². The molecule has 12 heavy (non-hydrogen) atoms. The Morgan fingerprint density at radius 1 is 1.25 bits per heavy atom. The summed E-state index contributed by atoms with van der Waals surface area (Å²) in [5.74, 6) is 0. The normalized spacial score (nSPS) is 10.0. The molecule has 0 fully saturated rings. The van der Waals surface area contributed by atoms with Crippen molar-refractivity contribution >= 4 is 6.03 Å². The Balaban J connectivity index is 2.34. The molecule has 0 atom stereocenters. The summed E-state index contributed by atoms with van der Waals surface area (Å²) in [4.78, 5) is 15.1. The smallest absolute Gasteiger partial charge is 0.256 e. The number of carbonyl (C=O) groups is 1. The van der Waals surface area contributed by atoms with Crippen molar-refractivity contribution in [1.82, 2.24) is 19.3 Å². The van der Waals surface area contributed by atoms with Crippen LogP contribution in [0.3, 0.4) is 0 Å². The molecular formula is C7H6N4O. The monoisotopic (exact) mass is 162 g/mol. The van der Waals surface area contributed by atoms with Gasteiger partial charge in [0.05, 0.1) is 0 Å². The number of hydrogen-bond donors (Lipinski definition) is 0. The van der Waals surface area contributed by atoms with Gasteiger partial charge in [-0.15, -0.1) is 0 Å².